The molecule has 0 atom stereocenters. The third kappa shape index (κ3) is 1.93. The maximum Gasteiger partial charge on any atom is 0.139 e. The van der Waals surface area contributed by atoms with E-state index in [0.717, 1.165) is 21.5 Å². The number of phenolic OH excluding ortho intramolecular Hbond substituents is 2. The van der Waals surface area contributed by atoms with E-state index in [9.17, 15) is 10.2 Å². The monoisotopic (exact) mass is 316 g/mol. The van der Waals surface area contributed by atoms with E-state index in [0.29, 0.717) is 11.1 Å². The highest BCUT2D eigenvalue weighted by Crippen LogP contribution is 2.47. The van der Waals surface area contributed by atoms with Gasteiger partial charge in [0.05, 0.1) is 11.4 Å². The average Bonchev–Trinajstić information content (AvgIpc) is 2.58. The smallest absolute Gasteiger partial charge is 0.139 e. The SMILES string of the molecule is Nc1c(O)cc2ccccc2c1-c1c(N)c(O)cc2ccccc12. The third-order valence-electron chi connectivity index (χ3n) is 4.39. The van der Waals surface area contributed by atoms with E-state index in [4.69, 9.17) is 11.5 Å². The summed E-state index contributed by atoms with van der Waals surface area (Å²) in [7, 11) is 0. The number of hydrogen-bond acceptors (Lipinski definition) is 4. The maximum absolute atomic E-state index is 10.3. The van der Waals surface area contributed by atoms with Gasteiger partial charge < -0.3 is 21.7 Å². The Morgan fingerprint density at radius 3 is 1.38 bits per heavy atom. The number of fused-ring (bicyclic) bond motifs is 2. The molecule has 4 aromatic carbocycles. The molecule has 0 radical (unpaired) electrons. The number of aromatic hydroxyl groups is 2. The molecule has 0 bridgehead atoms. The number of rotatable bonds is 1. The number of hydrogen-bond donors (Lipinski definition) is 4. The summed E-state index contributed by atoms with van der Waals surface area (Å²) >= 11 is 0. The molecular weight excluding hydrogens is 300 g/mol. The number of benzene rings is 4. The predicted molar refractivity (Wildman–Crippen MR) is 99.0 cm³/mol. The minimum atomic E-state index is -0.00414. The van der Waals surface area contributed by atoms with Crippen molar-refractivity contribution in [3.63, 3.8) is 0 Å². The Morgan fingerprint density at radius 2 is 0.958 bits per heavy atom. The number of phenols is 2. The molecule has 24 heavy (non-hydrogen) atoms. The Balaban J connectivity index is 2.26. The summed E-state index contributed by atoms with van der Waals surface area (Å²) < 4.78 is 0. The van der Waals surface area contributed by atoms with Crippen LogP contribution in [0.15, 0.2) is 60.7 Å². The normalized spacial score (nSPS) is 11.2. The van der Waals surface area contributed by atoms with Crippen LogP contribution < -0.4 is 11.5 Å². The molecule has 0 aliphatic carbocycles. The molecule has 0 unspecified atom stereocenters. The molecule has 0 fully saturated rings. The first kappa shape index (κ1) is 14.2. The van der Waals surface area contributed by atoms with Crippen molar-refractivity contribution in [2.75, 3.05) is 11.5 Å². The van der Waals surface area contributed by atoms with Crippen molar-refractivity contribution in [1.29, 1.82) is 0 Å². The lowest BCUT2D eigenvalue weighted by atomic mass is 9.90. The van der Waals surface area contributed by atoms with E-state index in [1.165, 1.54) is 0 Å². The topological polar surface area (TPSA) is 92.5 Å². The molecule has 0 heterocycles. The lowest BCUT2D eigenvalue weighted by molar-refractivity contribution is 0.478. The van der Waals surface area contributed by atoms with Crippen LogP contribution in [0, 0.1) is 0 Å². The predicted octanol–water partition coefficient (Wildman–Crippen LogP) is 4.24. The second kappa shape index (κ2) is 5.06. The molecule has 118 valence electrons. The van der Waals surface area contributed by atoms with E-state index < -0.39 is 0 Å². The Kier molecular flexibility index (Phi) is 3.00. The van der Waals surface area contributed by atoms with Crippen molar-refractivity contribution in [3.8, 4) is 22.6 Å². The van der Waals surface area contributed by atoms with Crippen molar-refractivity contribution in [1.82, 2.24) is 0 Å². The van der Waals surface area contributed by atoms with Gasteiger partial charge in [0.15, 0.2) is 0 Å². The average molecular weight is 316 g/mol. The number of nitrogen functional groups attached to an aromatic ring is 2. The summed E-state index contributed by atoms with van der Waals surface area (Å²) in [5, 5.41) is 24.0. The van der Waals surface area contributed by atoms with Crippen LogP contribution in [0.1, 0.15) is 0 Å². The molecule has 0 saturated carbocycles. The molecule has 4 aromatic rings. The number of nitrogens with two attached hydrogens (primary N) is 2. The van der Waals surface area contributed by atoms with Gasteiger partial charge in [0.25, 0.3) is 0 Å². The van der Waals surface area contributed by atoms with Crippen LogP contribution in [0.4, 0.5) is 11.4 Å². The second-order valence-corrected chi connectivity index (χ2v) is 5.81. The molecule has 0 spiro atoms. The first-order valence-corrected chi connectivity index (χ1v) is 7.58. The molecule has 0 saturated heterocycles. The van der Waals surface area contributed by atoms with Crippen LogP contribution in [-0.2, 0) is 0 Å². The second-order valence-electron chi connectivity index (χ2n) is 5.81. The quantitative estimate of drug-likeness (QED) is 0.312. The van der Waals surface area contributed by atoms with Gasteiger partial charge in [-0.1, -0.05) is 48.5 Å². The minimum absolute atomic E-state index is 0.00414. The van der Waals surface area contributed by atoms with Gasteiger partial charge in [0.2, 0.25) is 0 Å². The molecule has 4 rings (SSSR count). The Hall–Kier alpha value is -3.40. The molecule has 0 aromatic heterocycles. The van der Waals surface area contributed by atoms with Crippen molar-refractivity contribution < 1.29 is 10.2 Å². The highest BCUT2D eigenvalue weighted by atomic mass is 16.3. The fourth-order valence-corrected chi connectivity index (χ4v) is 3.24. The van der Waals surface area contributed by atoms with Crippen LogP contribution in [0.25, 0.3) is 32.7 Å². The third-order valence-corrected chi connectivity index (χ3v) is 4.39. The molecule has 0 aliphatic heterocycles. The first-order chi connectivity index (χ1) is 11.6. The first-order valence-electron chi connectivity index (χ1n) is 7.58. The summed E-state index contributed by atoms with van der Waals surface area (Å²) in [5.41, 5.74) is 14.2. The zero-order chi connectivity index (χ0) is 16.8. The summed E-state index contributed by atoms with van der Waals surface area (Å²) in [6.45, 7) is 0. The van der Waals surface area contributed by atoms with Crippen LogP contribution in [0.2, 0.25) is 0 Å². The van der Waals surface area contributed by atoms with Crippen LogP contribution in [-0.4, -0.2) is 10.2 Å². The molecule has 0 amide bonds. The van der Waals surface area contributed by atoms with Crippen molar-refractivity contribution in [2.45, 2.75) is 0 Å². The maximum atomic E-state index is 10.3. The molecule has 6 N–H and O–H groups in total. The van der Waals surface area contributed by atoms with Crippen molar-refractivity contribution in [2.24, 2.45) is 0 Å². The van der Waals surface area contributed by atoms with Crippen molar-refractivity contribution >= 4 is 32.9 Å². The van der Waals surface area contributed by atoms with E-state index in [1.54, 1.807) is 12.1 Å². The fourth-order valence-electron chi connectivity index (χ4n) is 3.24. The van der Waals surface area contributed by atoms with Crippen LogP contribution in [0.3, 0.4) is 0 Å². The van der Waals surface area contributed by atoms with Crippen LogP contribution >= 0.6 is 0 Å². The minimum Gasteiger partial charge on any atom is -0.506 e. The van der Waals surface area contributed by atoms with Gasteiger partial charge in [-0.3, -0.25) is 0 Å². The Bertz CT molecular complexity index is 1010. The van der Waals surface area contributed by atoms with E-state index in [2.05, 4.69) is 0 Å². The summed E-state index contributed by atoms with van der Waals surface area (Å²) in [6, 6.07) is 18.5. The number of anilines is 2. The van der Waals surface area contributed by atoms with Crippen molar-refractivity contribution in [3.05, 3.63) is 60.7 Å². The van der Waals surface area contributed by atoms with Gasteiger partial charge in [0.1, 0.15) is 11.5 Å². The standard InChI is InChI=1S/C20H16N2O2/c21-19-15(23)9-11-5-1-3-7-13(11)17(19)18-14-8-4-2-6-12(14)10-16(24)20(18)22/h1-10,23-24H,21-22H2. The van der Waals surface area contributed by atoms with Gasteiger partial charge >= 0.3 is 0 Å². The zero-order valence-electron chi connectivity index (χ0n) is 12.8. The summed E-state index contributed by atoms with van der Waals surface area (Å²) in [5.74, 6) is -0.00829. The Labute approximate surface area is 138 Å². The fraction of sp³-hybridized carbons (Fsp3) is 0. The lowest BCUT2D eigenvalue weighted by Gasteiger charge is -2.17. The van der Waals surface area contributed by atoms with Gasteiger partial charge in [-0.15, -0.1) is 0 Å². The van der Waals surface area contributed by atoms with Gasteiger partial charge in [0, 0.05) is 11.1 Å². The molecule has 0 aliphatic rings. The zero-order valence-corrected chi connectivity index (χ0v) is 12.8. The van der Waals surface area contributed by atoms with Gasteiger partial charge in [-0.25, -0.2) is 0 Å². The van der Waals surface area contributed by atoms with E-state index >= 15 is 0 Å². The van der Waals surface area contributed by atoms with Gasteiger partial charge in [-0.2, -0.15) is 0 Å². The summed E-state index contributed by atoms with van der Waals surface area (Å²) in [4.78, 5) is 0. The highest BCUT2D eigenvalue weighted by molar-refractivity contribution is 6.15. The Morgan fingerprint density at radius 1 is 0.583 bits per heavy atom. The van der Waals surface area contributed by atoms with Crippen LogP contribution in [0.5, 0.6) is 11.5 Å². The molecular formula is C20H16N2O2. The molecule has 4 heteroatoms. The molecule has 4 nitrogen and oxygen atoms in total. The van der Waals surface area contributed by atoms with E-state index in [-0.39, 0.29) is 22.9 Å². The highest BCUT2D eigenvalue weighted by Gasteiger charge is 2.19. The van der Waals surface area contributed by atoms with E-state index in [1.807, 2.05) is 48.5 Å². The lowest BCUT2D eigenvalue weighted by Crippen LogP contribution is -1.98. The summed E-state index contributed by atoms with van der Waals surface area (Å²) in [6.07, 6.45) is 0. The van der Waals surface area contributed by atoms with Gasteiger partial charge in [-0.05, 0) is 33.7 Å². The largest absolute Gasteiger partial charge is 0.506 e.